The molecule has 6 heteroatoms. The van der Waals surface area contributed by atoms with Crippen molar-refractivity contribution in [2.45, 2.75) is 32.2 Å². The summed E-state index contributed by atoms with van der Waals surface area (Å²) in [5.41, 5.74) is 1.09. The normalized spacial score (nSPS) is 15.7. The van der Waals surface area contributed by atoms with Gasteiger partial charge in [-0.2, -0.15) is 0 Å². The van der Waals surface area contributed by atoms with E-state index in [9.17, 15) is 9.90 Å². The topological polar surface area (TPSA) is 69.6 Å². The maximum Gasteiger partial charge on any atom is 0.276 e. The van der Waals surface area contributed by atoms with Crippen molar-refractivity contribution in [1.82, 2.24) is 19.8 Å². The number of carbonyl (C=O) groups is 1. The first-order chi connectivity index (χ1) is 12.7. The Morgan fingerprint density at radius 1 is 1.19 bits per heavy atom. The van der Waals surface area contributed by atoms with E-state index in [1.807, 2.05) is 23.1 Å². The molecule has 1 N–H and O–H groups in total. The number of piperidine rings is 1. The third kappa shape index (κ3) is 4.38. The SMILES string of the molecule is CCN1CCC(N(CCc2ccccn2)C(=O)c2ncccc2O)CC1. The summed E-state index contributed by atoms with van der Waals surface area (Å²) in [7, 11) is 0. The van der Waals surface area contributed by atoms with Gasteiger partial charge in [-0.3, -0.25) is 9.78 Å². The third-order valence-corrected chi connectivity index (χ3v) is 5.03. The number of hydrogen-bond donors (Lipinski definition) is 1. The smallest absolute Gasteiger partial charge is 0.276 e. The maximum atomic E-state index is 13.1. The Labute approximate surface area is 154 Å². The van der Waals surface area contributed by atoms with Crippen LogP contribution >= 0.6 is 0 Å². The van der Waals surface area contributed by atoms with Gasteiger partial charge in [0.25, 0.3) is 5.91 Å². The summed E-state index contributed by atoms with van der Waals surface area (Å²) in [6.07, 6.45) is 5.88. The first-order valence-corrected chi connectivity index (χ1v) is 9.26. The number of nitrogens with zero attached hydrogens (tertiary/aromatic N) is 4. The zero-order valence-corrected chi connectivity index (χ0v) is 15.2. The van der Waals surface area contributed by atoms with Gasteiger partial charge in [0.05, 0.1) is 0 Å². The summed E-state index contributed by atoms with van der Waals surface area (Å²) in [5, 5.41) is 10.1. The van der Waals surface area contributed by atoms with Crippen LogP contribution in [0.25, 0.3) is 0 Å². The minimum Gasteiger partial charge on any atom is -0.505 e. The summed E-state index contributed by atoms with van der Waals surface area (Å²) >= 11 is 0. The Morgan fingerprint density at radius 3 is 2.62 bits per heavy atom. The summed E-state index contributed by atoms with van der Waals surface area (Å²) in [5.74, 6) is -0.264. The second-order valence-corrected chi connectivity index (χ2v) is 6.61. The molecule has 1 fully saturated rings. The Bertz CT molecular complexity index is 715. The van der Waals surface area contributed by atoms with Gasteiger partial charge in [-0.1, -0.05) is 13.0 Å². The van der Waals surface area contributed by atoms with E-state index in [4.69, 9.17) is 0 Å². The van der Waals surface area contributed by atoms with Crippen LogP contribution in [0.4, 0.5) is 0 Å². The van der Waals surface area contributed by atoms with Crippen LogP contribution < -0.4 is 0 Å². The van der Waals surface area contributed by atoms with E-state index in [-0.39, 0.29) is 23.4 Å². The average Bonchev–Trinajstić information content (AvgIpc) is 2.69. The van der Waals surface area contributed by atoms with E-state index < -0.39 is 0 Å². The summed E-state index contributed by atoms with van der Waals surface area (Å²) < 4.78 is 0. The molecule has 0 aliphatic carbocycles. The lowest BCUT2D eigenvalue weighted by Gasteiger charge is -2.38. The number of aromatic hydroxyl groups is 1. The van der Waals surface area contributed by atoms with Gasteiger partial charge in [-0.25, -0.2) is 4.98 Å². The highest BCUT2D eigenvalue weighted by molar-refractivity contribution is 5.95. The first-order valence-electron chi connectivity index (χ1n) is 9.26. The molecule has 26 heavy (non-hydrogen) atoms. The van der Waals surface area contributed by atoms with Gasteiger partial charge in [-0.05, 0) is 43.7 Å². The molecule has 1 amide bonds. The predicted molar refractivity (Wildman–Crippen MR) is 100 cm³/mol. The van der Waals surface area contributed by atoms with Crippen LogP contribution in [0.15, 0.2) is 42.7 Å². The van der Waals surface area contributed by atoms with Crippen LogP contribution in [-0.4, -0.2) is 63.0 Å². The molecule has 3 heterocycles. The molecule has 0 atom stereocenters. The molecule has 138 valence electrons. The van der Waals surface area contributed by atoms with Crippen molar-refractivity contribution < 1.29 is 9.90 Å². The van der Waals surface area contributed by atoms with E-state index in [1.54, 1.807) is 18.5 Å². The lowest BCUT2D eigenvalue weighted by atomic mass is 10.0. The second-order valence-electron chi connectivity index (χ2n) is 6.61. The van der Waals surface area contributed by atoms with Crippen LogP contribution in [0, 0.1) is 0 Å². The third-order valence-electron chi connectivity index (χ3n) is 5.03. The minimum atomic E-state index is -0.200. The van der Waals surface area contributed by atoms with Gasteiger partial charge >= 0.3 is 0 Å². The molecule has 0 unspecified atom stereocenters. The molecule has 0 spiro atoms. The molecule has 0 saturated carbocycles. The van der Waals surface area contributed by atoms with Crippen LogP contribution in [0.3, 0.4) is 0 Å². The van der Waals surface area contributed by atoms with Crippen molar-refractivity contribution in [2.75, 3.05) is 26.2 Å². The van der Waals surface area contributed by atoms with E-state index in [1.165, 1.54) is 6.07 Å². The van der Waals surface area contributed by atoms with Crippen LogP contribution in [0.5, 0.6) is 5.75 Å². The largest absolute Gasteiger partial charge is 0.505 e. The van der Waals surface area contributed by atoms with Crippen molar-refractivity contribution in [2.24, 2.45) is 0 Å². The zero-order chi connectivity index (χ0) is 18.4. The molecule has 2 aromatic rings. The van der Waals surface area contributed by atoms with Crippen molar-refractivity contribution in [3.8, 4) is 5.75 Å². The monoisotopic (exact) mass is 354 g/mol. The van der Waals surface area contributed by atoms with Gasteiger partial charge in [0.2, 0.25) is 0 Å². The molecule has 6 nitrogen and oxygen atoms in total. The number of rotatable bonds is 6. The second kappa shape index (κ2) is 8.76. The molecule has 2 aromatic heterocycles. The van der Waals surface area contributed by atoms with Crippen LogP contribution in [0.2, 0.25) is 0 Å². The fourth-order valence-corrected chi connectivity index (χ4v) is 3.48. The highest BCUT2D eigenvalue weighted by atomic mass is 16.3. The number of pyridine rings is 2. The van der Waals surface area contributed by atoms with Crippen LogP contribution in [0.1, 0.15) is 35.9 Å². The van der Waals surface area contributed by atoms with E-state index in [0.717, 1.165) is 38.2 Å². The number of hydrogen-bond acceptors (Lipinski definition) is 5. The molecule has 3 rings (SSSR count). The number of aromatic nitrogens is 2. The lowest BCUT2D eigenvalue weighted by molar-refractivity contribution is 0.0570. The predicted octanol–water partition coefficient (Wildman–Crippen LogP) is 2.35. The van der Waals surface area contributed by atoms with Gasteiger partial charge in [0.15, 0.2) is 5.69 Å². The Hall–Kier alpha value is -2.47. The summed E-state index contributed by atoms with van der Waals surface area (Å²) in [6.45, 7) is 5.75. The Balaban J connectivity index is 1.77. The molecule has 0 aromatic carbocycles. The molecular formula is C20H26N4O2. The molecule has 0 bridgehead atoms. The number of amides is 1. The van der Waals surface area contributed by atoms with Crippen LogP contribution in [-0.2, 0) is 6.42 Å². The molecule has 0 radical (unpaired) electrons. The highest BCUT2D eigenvalue weighted by Gasteiger charge is 2.29. The standard InChI is InChI=1S/C20H26N4O2/c1-2-23-13-9-17(10-14-23)24(15-8-16-6-3-4-11-21-16)20(26)19-18(25)7-5-12-22-19/h3-7,11-12,17,25H,2,8-10,13-15H2,1H3. The Morgan fingerprint density at radius 2 is 1.96 bits per heavy atom. The lowest BCUT2D eigenvalue weighted by Crippen LogP contribution is -2.48. The van der Waals surface area contributed by atoms with Crippen molar-refractivity contribution >= 4 is 5.91 Å². The van der Waals surface area contributed by atoms with E-state index in [0.29, 0.717) is 13.0 Å². The Kier molecular flexibility index (Phi) is 6.17. The zero-order valence-electron chi connectivity index (χ0n) is 15.2. The molecule has 1 aliphatic heterocycles. The van der Waals surface area contributed by atoms with Crippen molar-refractivity contribution in [3.05, 3.63) is 54.1 Å². The van der Waals surface area contributed by atoms with Gasteiger partial charge in [0, 0.05) is 50.2 Å². The highest BCUT2D eigenvalue weighted by Crippen LogP contribution is 2.22. The summed E-state index contributed by atoms with van der Waals surface area (Å²) in [6, 6.07) is 9.12. The summed E-state index contributed by atoms with van der Waals surface area (Å²) in [4.78, 5) is 25.9. The van der Waals surface area contributed by atoms with E-state index in [2.05, 4.69) is 21.8 Å². The fourth-order valence-electron chi connectivity index (χ4n) is 3.48. The first kappa shape index (κ1) is 18.3. The van der Waals surface area contributed by atoms with Gasteiger partial charge in [-0.15, -0.1) is 0 Å². The molecule has 1 saturated heterocycles. The minimum absolute atomic E-state index is 0.0636. The van der Waals surface area contributed by atoms with Gasteiger partial charge in [0.1, 0.15) is 5.75 Å². The fraction of sp³-hybridized carbons (Fsp3) is 0.450. The maximum absolute atomic E-state index is 13.1. The van der Waals surface area contributed by atoms with Crippen molar-refractivity contribution in [1.29, 1.82) is 0 Å². The number of carbonyl (C=O) groups excluding carboxylic acids is 1. The van der Waals surface area contributed by atoms with Crippen molar-refractivity contribution in [3.63, 3.8) is 0 Å². The van der Waals surface area contributed by atoms with Gasteiger partial charge < -0.3 is 14.9 Å². The number of likely N-dealkylation sites (tertiary alicyclic amines) is 1. The molecule has 1 aliphatic rings. The molecular weight excluding hydrogens is 328 g/mol. The van der Waals surface area contributed by atoms with E-state index >= 15 is 0 Å². The quantitative estimate of drug-likeness (QED) is 0.862. The average molecular weight is 354 g/mol.